The molecule has 1 amide bonds. The number of rotatable bonds is 5. The number of benzene rings is 3. The number of nitrogens with zero attached hydrogens (tertiary/aromatic N) is 2. The van der Waals surface area contributed by atoms with Gasteiger partial charge in [-0.05, 0) is 54.4 Å². The van der Waals surface area contributed by atoms with Crippen LogP contribution in [0.3, 0.4) is 0 Å². The summed E-state index contributed by atoms with van der Waals surface area (Å²) in [6.45, 7) is 2.08. The third-order valence-corrected chi connectivity index (χ3v) is 6.16. The van der Waals surface area contributed by atoms with Crippen LogP contribution in [-0.4, -0.2) is 25.6 Å². The van der Waals surface area contributed by atoms with Crippen LogP contribution in [0.1, 0.15) is 28.4 Å². The second-order valence-corrected chi connectivity index (χ2v) is 9.29. The number of hydrogen-bond donors (Lipinski definition) is 1. The third kappa shape index (κ3) is 4.24. The number of amides is 1. The molecular weight excluding hydrogens is 426 g/mol. The second kappa shape index (κ2) is 8.29. The second-order valence-electron chi connectivity index (χ2n) is 7.30. The summed E-state index contributed by atoms with van der Waals surface area (Å²) < 4.78 is 30.0. The van der Waals surface area contributed by atoms with Crippen molar-refractivity contribution in [3.63, 3.8) is 0 Å². The van der Waals surface area contributed by atoms with E-state index >= 15 is 0 Å². The fourth-order valence-corrected chi connectivity index (χ4v) is 4.17. The van der Waals surface area contributed by atoms with E-state index in [1.165, 1.54) is 23.8 Å². The number of nitrogens with one attached hydrogen (secondary N) is 1. The number of carbonyl (C=O) groups excluding carboxylic acids is 1. The van der Waals surface area contributed by atoms with Crippen LogP contribution in [0.25, 0.3) is 22.6 Å². The highest BCUT2D eigenvalue weighted by Crippen LogP contribution is 2.27. The SMILES string of the molecule is CCc1ccc(-c2nc3ccc(NC(=O)c4cc(C#N)ccc4S(C)(=O)=O)cc3o2)cc1. The van der Waals surface area contributed by atoms with Crippen molar-refractivity contribution < 1.29 is 17.6 Å². The first-order chi connectivity index (χ1) is 15.3. The van der Waals surface area contributed by atoms with Crippen molar-refractivity contribution in [1.29, 1.82) is 5.26 Å². The van der Waals surface area contributed by atoms with Gasteiger partial charge in [-0.3, -0.25) is 4.79 Å². The van der Waals surface area contributed by atoms with E-state index in [1.54, 1.807) is 18.2 Å². The summed E-state index contributed by atoms with van der Waals surface area (Å²) in [5, 5.41) is 11.8. The molecule has 8 heteroatoms. The van der Waals surface area contributed by atoms with E-state index in [-0.39, 0.29) is 16.0 Å². The molecule has 4 aromatic rings. The third-order valence-electron chi connectivity index (χ3n) is 5.01. The first kappa shape index (κ1) is 21.3. The van der Waals surface area contributed by atoms with E-state index in [0.29, 0.717) is 22.7 Å². The molecule has 0 fully saturated rings. The van der Waals surface area contributed by atoms with Crippen molar-refractivity contribution in [2.75, 3.05) is 11.6 Å². The van der Waals surface area contributed by atoms with Crippen molar-refractivity contribution >= 4 is 32.5 Å². The van der Waals surface area contributed by atoms with Gasteiger partial charge in [0, 0.05) is 23.6 Å². The zero-order valence-corrected chi connectivity index (χ0v) is 18.2. The Kier molecular flexibility index (Phi) is 5.51. The number of carbonyl (C=O) groups is 1. The van der Waals surface area contributed by atoms with Gasteiger partial charge in [-0.15, -0.1) is 0 Å². The molecule has 4 rings (SSSR count). The predicted octanol–water partition coefficient (Wildman–Crippen LogP) is 4.58. The summed E-state index contributed by atoms with van der Waals surface area (Å²) in [5.41, 5.74) is 3.66. The van der Waals surface area contributed by atoms with E-state index in [2.05, 4.69) is 17.2 Å². The lowest BCUT2D eigenvalue weighted by Gasteiger charge is -2.09. The van der Waals surface area contributed by atoms with Crippen LogP contribution < -0.4 is 5.32 Å². The lowest BCUT2D eigenvalue weighted by atomic mass is 10.1. The fourth-order valence-electron chi connectivity index (χ4n) is 3.31. The molecule has 0 saturated carbocycles. The Morgan fingerprint density at radius 3 is 2.50 bits per heavy atom. The largest absolute Gasteiger partial charge is 0.436 e. The monoisotopic (exact) mass is 445 g/mol. The molecule has 1 heterocycles. The molecule has 0 atom stereocenters. The minimum absolute atomic E-state index is 0.0964. The molecule has 160 valence electrons. The highest BCUT2D eigenvalue weighted by atomic mass is 32.2. The van der Waals surface area contributed by atoms with E-state index < -0.39 is 15.7 Å². The highest BCUT2D eigenvalue weighted by Gasteiger charge is 2.20. The number of nitriles is 1. The molecule has 0 aliphatic rings. The van der Waals surface area contributed by atoms with Crippen molar-refractivity contribution in [3.8, 4) is 17.5 Å². The Bertz CT molecular complexity index is 1480. The van der Waals surface area contributed by atoms with E-state index in [1.807, 2.05) is 30.3 Å². The van der Waals surface area contributed by atoms with Crippen LogP contribution in [0.2, 0.25) is 0 Å². The molecular formula is C24H19N3O4S. The van der Waals surface area contributed by atoms with Crippen molar-refractivity contribution in [2.45, 2.75) is 18.2 Å². The van der Waals surface area contributed by atoms with Crippen molar-refractivity contribution in [1.82, 2.24) is 4.98 Å². The Morgan fingerprint density at radius 2 is 1.84 bits per heavy atom. The molecule has 0 unspecified atom stereocenters. The predicted molar refractivity (Wildman–Crippen MR) is 121 cm³/mol. The maximum Gasteiger partial charge on any atom is 0.257 e. The van der Waals surface area contributed by atoms with Crippen molar-refractivity contribution in [2.24, 2.45) is 0 Å². The summed E-state index contributed by atoms with van der Waals surface area (Å²) >= 11 is 0. The molecule has 0 bridgehead atoms. The fraction of sp³-hybridized carbons (Fsp3) is 0.125. The average Bonchev–Trinajstić information content (AvgIpc) is 3.21. The van der Waals surface area contributed by atoms with Gasteiger partial charge in [-0.25, -0.2) is 13.4 Å². The van der Waals surface area contributed by atoms with E-state index in [9.17, 15) is 13.2 Å². The van der Waals surface area contributed by atoms with Crippen LogP contribution in [0.5, 0.6) is 0 Å². The molecule has 32 heavy (non-hydrogen) atoms. The minimum Gasteiger partial charge on any atom is -0.436 e. The van der Waals surface area contributed by atoms with Crippen LogP contribution in [-0.2, 0) is 16.3 Å². The molecule has 1 N–H and O–H groups in total. The maximum atomic E-state index is 12.8. The van der Waals surface area contributed by atoms with Crippen LogP contribution >= 0.6 is 0 Å². The summed E-state index contributed by atoms with van der Waals surface area (Å²) in [4.78, 5) is 17.2. The van der Waals surface area contributed by atoms with E-state index in [0.717, 1.165) is 18.2 Å². The minimum atomic E-state index is -3.66. The lowest BCUT2D eigenvalue weighted by molar-refractivity contribution is 0.102. The summed E-state index contributed by atoms with van der Waals surface area (Å²) in [5.74, 6) is -0.177. The van der Waals surface area contributed by atoms with Crippen LogP contribution in [0.15, 0.2) is 70.0 Å². The number of fused-ring (bicyclic) bond motifs is 1. The number of aryl methyl sites for hydroxylation is 1. The zero-order valence-electron chi connectivity index (χ0n) is 17.4. The number of aromatic nitrogens is 1. The standard InChI is InChI=1S/C24H19N3O4S/c1-3-15-4-7-17(8-5-15)24-27-20-10-9-18(13-21(20)31-24)26-23(28)19-12-16(14-25)6-11-22(19)32(2,29)30/h4-13H,3H2,1-2H3,(H,26,28). The number of oxazole rings is 1. The zero-order chi connectivity index (χ0) is 22.9. The number of sulfone groups is 1. The molecule has 3 aromatic carbocycles. The first-order valence-electron chi connectivity index (χ1n) is 9.84. The Hall–Kier alpha value is -3.96. The van der Waals surface area contributed by atoms with Crippen molar-refractivity contribution in [3.05, 3.63) is 77.4 Å². The van der Waals surface area contributed by atoms with Gasteiger partial charge >= 0.3 is 0 Å². The van der Waals surface area contributed by atoms with Gasteiger partial charge in [0.15, 0.2) is 15.4 Å². The topological polar surface area (TPSA) is 113 Å². The lowest BCUT2D eigenvalue weighted by Crippen LogP contribution is -2.16. The summed E-state index contributed by atoms with van der Waals surface area (Å²) in [6, 6.07) is 18.7. The first-order valence-corrected chi connectivity index (χ1v) is 11.7. The van der Waals surface area contributed by atoms with Gasteiger partial charge in [0.25, 0.3) is 5.91 Å². The van der Waals surface area contributed by atoms with Gasteiger partial charge in [-0.1, -0.05) is 19.1 Å². The van der Waals surface area contributed by atoms with Gasteiger partial charge in [0.2, 0.25) is 5.89 Å². The Morgan fingerprint density at radius 1 is 1.09 bits per heavy atom. The Labute approximate surface area is 185 Å². The van der Waals surface area contributed by atoms with Gasteiger partial charge < -0.3 is 9.73 Å². The summed E-state index contributed by atoms with van der Waals surface area (Å²) in [6.07, 6.45) is 1.95. The molecule has 7 nitrogen and oxygen atoms in total. The van der Waals surface area contributed by atoms with Crippen LogP contribution in [0.4, 0.5) is 5.69 Å². The highest BCUT2D eigenvalue weighted by molar-refractivity contribution is 7.90. The smallest absolute Gasteiger partial charge is 0.257 e. The van der Waals surface area contributed by atoms with Crippen LogP contribution in [0, 0.1) is 11.3 Å². The van der Waals surface area contributed by atoms with Gasteiger partial charge in [-0.2, -0.15) is 5.26 Å². The number of anilines is 1. The number of hydrogen-bond acceptors (Lipinski definition) is 6. The van der Waals surface area contributed by atoms with Gasteiger partial charge in [0.1, 0.15) is 5.52 Å². The molecule has 1 aromatic heterocycles. The van der Waals surface area contributed by atoms with E-state index in [4.69, 9.17) is 9.68 Å². The maximum absolute atomic E-state index is 12.8. The molecule has 0 aliphatic heterocycles. The Balaban J connectivity index is 1.65. The summed E-state index contributed by atoms with van der Waals surface area (Å²) in [7, 11) is -3.66. The molecule has 0 radical (unpaired) electrons. The average molecular weight is 446 g/mol. The van der Waals surface area contributed by atoms with Gasteiger partial charge in [0.05, 0.1) is 22.1 Å². The quantitative estimate of drug-likeness (QED) is 0.481. The normalized spacial score (nSPS) is 11.3. The molecule has 0 aliphatic carbocycles. The molecule has 0 saturated heterocycles. The molecule has 0 spiro atoms.